The Labute approximate surface area is 129 Å². The maximum absolute atomic E-state index is 2.49. The highest BCUT2D eigenvalue weighted by atomic mass is 127. The molecule has 0 nitrogen and oxygen atoms in total. The van der Waals surface area contributed by atoms with Crippen molar-refractivity contribution in [3.05, 3.63) is 69.4 Å². The zero-order chi connectivity index (χ0) is 13.1. The molecular formula is C18H19I. The van der Waals surface area contributed by atoms with E-state index in [9.17, 15) is 0 Å². The van der Waals surface area contributed by atoms with Crippen LogP contribution in [0.2, 0.25) is 0 Å². The SMILES string of the molecule is IC1=CC=C(C2=CC=CCC2)C(C2C=CC=CC2)C1. The highest BCUT2D eigenvalue weighted by molar-refractivity contribution is 14.1. The molecular weight excluding hydrogens is 343 g/mol. The van der Waals surface area contributed by atoms with E-state index in [1.165, 1.54) is 29.3 Å². The molecule has 0 aliphatic heterocycles. The summed E-state index contributed by atoms with van der Waals surface area (Å²) in [5.41, 5.74) is 3.13. The molecule has 0 N–H and O–H groups in total. The lowest BCUT2D eigenvalue weighted by Gasteiger charge is -2.31. The standard InChI is InChI=1S/C18H19I/c19-16-11-12-17(14-7-3-1-4-8-14)18(13-16)15-9-5-2-6-10-15/h1-3,5-7,9,11-12,15,18H,4,8,10,13H2. The highest BCUT2D eigenvalue weighted by Gasteiger charge is 2.27. The van der Waals surface area contributed by atoms with E-state index in [4.69, 9.17) is 0 Å². The lowest BCUT2D eigenvalue weighted by atomic mass is 9.74. The van der Waals surface area contributed by atoms with Gasteiger partial charge < -0.3 is 0 Å². The average Bonchev–Trinajstić information content (AvgIpc) is 2.49. The van der Waals surface area contributed by atoms with Crippen molar-refractivity contribution in [2.75, 3.05) is 0 Å². The zero-order valence-electron chi connectivity index (χ0n) is 11.1. The Morgan fingerprint density at radius 3 is 2.68 bits per heavy atom. The molecule has 0 saturated carbocycles. The molecule has 0 bridgehead atoms. The summed E-state index contributed by atoms with van der Waals surface area (Å²) in [6.07, 6.45) is 25.3. The minimum atomic E-state index is 0.663. The van der Waals surface area contributed by atoms with Gasteiger partial charge in [-0.25, -0.2) is 0 Å². The summed E-state index contributed by atoms with van der Waals surface area (Å²) in [6.45, 7) is 0. The van der Waals surface area contributed by atoms with Crippen molar-refractivity contribution < 1.29 is 0 Å². The van der Waals surface area contributed by atoms with Gasteiger partial charge in [-0.15, -0.1) is 0 Å². The zero-order valence-corrected chi connectivity index (χ0v) is 13.2. The van der Waals surface area contributed by atoms with Crippen molar-refractivity contribution in [1.29, 1.82) is 0 Å². The minimum absolute atomic E-state index is 0.663. The second kappa shape index (κ2) is 6.08. The van der Waals surface area contributed by atoms with Crippen molar-refractivity contribution in [3.63, 3.8) is 0 Å². The molecule has 0 aromatic rings. The lowest BCUT2D eigenvalue weighted by molar-refractivity contribution is 0.454. The van der Waals surface area contributed by atoms with E-state index in [2.05, 4.69) is 77.3 Å². The van der Waals surface area contributed by atoms with Crippen LogP contribution in [-0.2, 0) is 0 Å². The largest absolute Gasteiger partial charge is 0.0842 e. The molecule has 2 atom stereocenters. The van der Waals surface area contributed by atoms with Gasteiger partial charge in [-0.1, -0.05) is 54.7 Å². The molecule has 19 heavy (non-hydrogen) atoms. The van der Waals surface area contributed by atoms with Gasteiger partial charge in [0.05, 0.1) is 0 Å². The normalized spacial score (nSPS) is 29.8. The Morgan fingerprint density at radius 2 is 1.95 bits per heavy atom. The van der Waals surface area contributed by atoms with Crippen molar-refractivity contribution in [3.8, 4) is 0 Å². The molecule has 98 valence electrons. The topological polar surface area (TPSA) is 0 Å². The maximum Gasteiger partial charge on any atom is -0.00483 e. The predicted molar refractivity (Wildman–Crippen MR) is 91.1 cm³/mol. The first kappa shape index (κ1) is 13.2. The maximum atomic E-state index is 2.49. The van der Waals surface area contributed by atoms with Crippen LogP contribution in [0.5, 0.6) is 0 Å². The summed E-state index contributed by atoms with van der Waals surface area (Å²) >= 11 is 2.49. The molecule has 1 heteroatoms. The number of rotatable bonds is 2. The molecule has 0 fully saturated rings. The molecule has 3 aliphatic rings. The van der Waals surface area contributed by atoms with Crippen LogP contribution in [0.15, 0.2) is 69.4 Å². The Kier molecular flexibility index (Phi) is 4.21. The quantitative estimate of drug-likeness (QED) is 0.556. The van der Waals surface area contributed by atoms with Gasteiger partial charge in [-0.3, -0.25) is 0 Å². The minimum Gasteiger partial charge on any atom is -0.0842 e. The van der Waals surface area contributed by atoms with E-state index in [-0.39, 0.29) is 0 Å². The van der Waals surface area contributed by atoms with E-state index >= 15 is 0 Å². The summed E-state index contributed by atoms with van der Waals surface area (Å²) in [7, 11) is 0. The fourth-order valence-corrected chi connectivity index (χ4v) is 3.81. The average molecular weight is 362 g/mol. The van der Waals surface area contributed by atoms with Crippen LogP contribution in [0.25, 0.3) is 0 Å². The van der Waals surface area contributed by atoms with E-state index in [1.807, 2.05) is 0 Å². The Morgan fingerprint density at radius 1 is 1.00 bits per heavy atom. The van der Waals surface area contributed by atoms with Crippen molar-refractivity contribution in [2.24, 2.45) is 11.8 Å². The van der Waals surface area contributed by atoms with Gasteiger partial charge in [0.25, 0.3) is 0 Å². The smallest absolute Gasteiger partial charge is 0.00483 e. The lowest BCUT2D eigenvalue weighted by Crippen LogP contribution is -2.19. The van der Waals surface area contributed by atoms with Crippen LogP contribution in [0.1, 0.15) is 25.7 Å². The third kappa shape index (κ3) is 3.02. The van der Waals surface area contributed by atoms with E-state index in [0.29, 0.717) is 11.8 Å². The molecule has 2 unspecified atom stereocenters. The Hall–Kier alpha value is -0.830. The first-order chi connectivity index (χ1) is 9.34. The van der Waals surface area contributed by atoms with Gasteiger partial charge in [0.1, 0.15) is 0 Å². The first-order valence-electron chi connectivity index (χ1n) is 7.10. The number of hydrogen-bond acceptors (Lipinski definition) is 0. The van der Waals surface area contributed by atoms with Crippen LogP contribution in [0.4, 0.5) is 0 Å². The van der Waals surface area contributed by atoms with Crippen LogP contribution in [-0.4, -0.2) is 0 Å². The van der Waals surface area contributed by atoms with Crippen LogP contribution in [0, 0.1) is 11.8 Å². The molecule has 0 aromatic carbocycles. The second-order valence-corrected chi connectivity index (χ2v) is 6.80. The molecule has 3 aliphatic carbocycles. The van der Waals surface area contributed by atoms with Gasteiger partial charge in [0, 0.05) is 0 Å². The van der Waals surface area contributed by atoms with Crippen LogP contribution >= 0.6 is 22.6 Å². The Balaban J connectivity index is 1.89. The van der Waals surface area contributed by atoms with Crippen molar-refractivity contribution in [1.82, 2.24) is 0 Å². The summed E-state index contributed by atoms with van der Waals surface area (Å²) in [5, 5.41) is 0. The van der Waals surface area contributed by atoms with Gasteiger partial charge in [-0.05, 0) is 74.8 Å². The van der Waals surface area contributed by atoms with Crippen molar-refractivity contribution in [2.45, 2.75) is 25.7 Å². The molecule has 3 rings (SSSR count). The molecule has 0 spiro atoms. The summed E-state index contributed by atoms with van der Waals surface area (Å²) in [5.74, 6) is 1.33. The number of halogens is 1. The number of hydrogen-bond donors (Lipinski definition) is 0. The molecule has 0 radical (unpaired) electrons. The predicted octanol–water partition coefficient (Wildman–Crippen LogP) is 5.66. The van der Waals surface area contributed by atoms with Gasteiger partial charge in [0.15, 0.2) is 0 Å². The fraction of sp³-hybridized carbons (Fsp3) is 0.333. The first-order valence-corrected chi connectivity index (χ1v) is 8.18. The molecule has 0 saturated heterocycles. The fourth-order valence-electron chi connectivity index (χ4n) is 3.16. The molecule has 0 amide bonds. The third-order valence-electron chi connectivity index (χ3n) is 4.17. The third-order valence-corrected chi connectivity index (χ3v) is 4.97. The summed E-state index contributed by atoms with van der Waals surface area (Å²) in [6, 6.07) is 0. The number of allylic oxidation sites excluding steroid dienone is 12. The highest BCUT2D eigenvalue weighted by Crippen LogP contribution is 2.41. The molecule has 0 heterocycles. The monoisotopic (exact) mass is 362 g/mol. The van der Waals surface area contributed by atoms with Gasteiger partial charge in [-0.2, -0.15) is 0 Å². The van der Waals surface area contributed by atoms with Gasteiger partial charge in [0.2, 0.25) is 0 Å². The molecule has 0 aromatic heterocycles. The summed E-state index contributed by atoms with van der Waals surface area (Å²) < 4.78 is 1.49. The van der Waals surface area contributed by atoms with Crippen LogP contribution < -0.4 is 0 Å². The van der Waals surface area contributed by atoms with Crippen LogP contribution in [0.3, 0.4) is 0 Å². The van der Waals surface area contributed by atoms with Crippen molar-refractivity contribution >= 4 is 22.6 Å². The van der Waals surface area contributed by atoms with E-state index in [1.54, 1.807) is 11.1 Å². The Bertz CT molecular complexity index is 526. The second-order valence-electron chi connectivity index (χ2n) is 5.42. The van der Waals surface area contributed by atoms with E-state index < -0.39 is 0 Å². The van der Waals surface area contributed by atoms with E-state index in [0.717, 1.165) is 0 Å². The van der Waals surface area contributed by atoms with Gasteiger partial charge >= 0.3 is 0 Å². The summed E-state index contributed by atoms with van der Waals surface area (Å²) in [4.78, 5) is 0.